The highest BCUT2D eigenvalue weighted by atomic mass is 19.1. The molecule has 0 radical (unpaired) electrons. The molecule has 51 heavy (non-hydrogen) atoms. The van der Waals surface area contributed by atoms with Crippen LogP contribution in [-0.4, -0.2) is 55.7 Å². The Hall–Kier alpha value is -5.21. The molecule has 1 fully saturated rings. The SMILES string of the molecule is CN(C(=O)OC(C)(C)C)c1cc(F)ccc1-c1ccc2cc(OCc3ccccc3)ccc2c1C(=O)c1ccc(OCCN2CCCCC2)cc1. The number of piperidine rings is 1. The lowest BCUT2D eigenvalue weighted by Crippen LogP contribution is -2.34. The van der Waals surface area contributed by atoms with Crippen molar-refractivity contribution in [2.45, 2.75) is 52.2 Å². The van der Waals surface area contributed by atoms with Crippen LogP contribution in [0.15, 0.2) is 103 Å². The zero-order valence-corrected chi connectivity index (χ0v) is 29.8. The summed E-state index contributed by atoms with van der Waals surface area (Å²) in [6.45, 7) is 9.38. The molecule has 0 unspecified atom stereocenters. The number of likely N-dealkylation sites (tertiary alicyclic amines) is 1. The molecule has 1 saturated heterocycles. The van der Waals surface area contributed by atoms with Gasteiger partial charge in [0.05, 0.1) is 5.69 Å². The number of fused-ring (bicyclic) bond motifs is 1. The largest absolute Gasteiger partial charge is 0.492 e. The van der Waals surface area contributed by atoms with Crippen LogP contribution in [-0.2, 0) is 11.3 Å². The number of ether oxygens (including phenoxy) is 3. The lowest BCUT2D eigenvalue weighted by atomic mass is 9.88. The topological polar surface area (TPSA) is 68.3 Å². The molecule has 6 rings (SSSR count). The van der Waals surface area contributed by atoms with Crippen molar-refractivity contribution in [3.8, 4) is 22.6 Å². The fourth-order valence-corrected chi connectivity index (χ4v) is 6.37. The summed E-state index contributed by atoms with van der Waals surface area (Å²) in [5, 5.41) is 1.50. The number of rotatable bonds is 11. The van der Waals surface area contributed by atoms with Gasteiger partial charge in [-0.2, -0.15) is 0 Å². The number of hydrogen-bond acceptors (Lipinski definition) is 6. The number of anilines is 1. The first-order chi connectivity index (χ1) is 24.6. The summed E-state index contributed by atoms with van der Waals surface area (Å²) in [6.07, 6.45) is 3.11. The van der Waals surface area contributed by atoms with Gasteiger partial charge in [-0.15, -0.1) is 0 Å². The molecule has 0 aliphatic carbocycles. The second-order valence-electron chi connectivity index (χ2n) is 14.0. The van der Waals surface area contributed by atoms with E-state index in [1.54, 1.807) is 39.0 Å². The minimum absolute atomic E-state index is 0.219. The van der Waals surface area contributed by atoms with E-state index in [0.29, 0.717) is 52.4 Å². The lowest BCUT2D eigenvalue weighted by Gasteiger charge is -2.26. The predicted molar refractivity (Wildman–Crippen MR) is 200 cm³/mol. The molecular weight excluding hydrogens is 643 g/mol. The van der Waals surface area contributed by atoms with Gasteiger partial charge < -0.3 is 14.2 Å². The first-order valence-electron chi connectivity index (χ1n) is 17.6. The quantitative estimate of drug-likeness (QED) is 0.129. The number of amides is 1. The highest BCUT2D eigenvalue weighted by Gasteiger charge is 2.26. The van der Waals surface area contributed by atoms with E-state index in [1.165, 1.54) is 43.3 Å². The van der Waals surface area contributed by atoms with Gasteiger partial charge in [0.25, 0.3) is 0 Å². The highest BCUT2D eigenvalue weighted by molar-refractivity contribution is 6.21. The van der Waals surface area contributed by atoms with E-state index in [4.69, 9.17) is 14.2 Å². The molecular formula is C43H45FN2O5. The molecule has 8 heteroatoms. The Morgan fingerprint density at radius 3 is 2.22 bits per heavy atom. The smallest absolute Gasteiger partial charge is 0.414 e. The molecule has 264 valence electrons. The number of ketones is 1. The average Bonchev–Trinajstić information content (AvgIpc) is 3.13. The molecule has 7 nitrogen and oxygen atoms in total. The fraction of sp³-hybridized carbons (Fsp3) is 0.302. The maximum Gasteiger partial charge on any atom is 0.414 e. The van der Waals surface area contributed by atoms with Crippen LogP contribution in [0.1, 0.15) is 61.5 Å². The molecule has 0 saturated carbocycles. The van der Waals surface area contributed by atoms with Crippen molar-refractivity contribution in [3.63, 3.8) is 0 Å². The van der Waals surface area contributed by atoms with E-state index >= 15 is 0 Å². The minimum Gasteiger partial charge on any atom is -0.492 e. The van der Waals surface area contributed by atoms with Crippen LogP contribution in [0.3, 0.4) is 0 Å². The molecule has 0 N–H and O–H groups in total. The van der Waals surface area contributed by atoms with Gasteiger partial charge in [0.1, 0.15) is 36.1 Å². The second kappa shape index (κ2) is 15.8. The summed E-state index contributed by atoms with van der Waals surface area (Å²) in [4.78, 5) is 31.5. The molecule has 1 aliphatic rings. The van der Waals surface area contributed by atoms with Gasteiger partial charge in [0.15, 0.2) is 5.78 Å². The molecule has 0 atom stereocenters. The summed E-state index contributed by atoms with van der Waals surface area (Å²) in [5.74, 6) is 0.620. The Morgan fingerprint density at radius 1 is 0.784 bits per heavy atom. The van der Waals surface area contributed by atoms with Crippen LogP contribution >= 0.6 is 0 Å². The summed E-state index contributed by atoms with van der Waals surface area (Å²) >= 11 is 0. The Bertz CT molecular complexity index is 1980. The molecule has 5 aromatic rings. The predicted octanol–water partition coefficient (Wildman–Crippen LogP) is 9.69. The normalized spacial score (nSPS) is 13.5. The van der Waals surface area contributed by atoms with Crippen LogP contribution in [0, 0.1) is 5.82 Å². The maximum absolute atomic E-state index is 14.8. The highest BCUT2D eigenvalue weighted by Crippen LogP contribution is 2.39. The monoisotopic (exact) mass is 688 g/mol. The molecule has 5 aromatic carbocycles. The van der Waals surface area contributed by atoms with E-state index in [9.17, 15) is 14.0 Å². The summed E-state index contributed by atoms with van der Waals surface area (Å²) in [7, 11) is 1.54. The molecule has 0 spiro atoms. The first kappa shape index (κ1) is 35.6. The summed E-state index contributed by atoms with van der Waals surface area (Å²) in [5.41, 5.74) is 2.52. The fourth-order valence-electron chi connectivity index (χ4n) is 6.37. The molecule has 1 amide bonds. The van der Waals surface area contributed by atoms with Crippen molar-refractivity contribution in [1.82, 2.24) is 4.90 Å². The van der Waals surface area contributed by atoms with Gasteiger partial charge in [0, 0.05) is 30.3 Å². The van der Waals surface area contributed by atoms with Gasteiger partial charge in [-0.25, -0.2) is 9.18 Å². The van der Waals surface area contributed by atoms with Crippen LogP contribution in [0.2, 0.25) is 0 Å². The third kappa shape index (κ3) is 8.94. The van der Waals surface area contributed by atoms with Crippen LogP contribution in [0.25, 0.3) is 21.9 Å². The van der Waals surface area contributed by atoms with E-state index in [2.05, 4.69) is 4.90 Å². The first-order valence-corrected chi connectivity index (χ1v) is 17.6. The van der Waals surface area contributed by atoms with Crippen LogP contribution in [0.4, 0.5) is 14.9 Å². The minimum atomic E-state index is -0.757. The molecule has 0 bridgehead atoms. The average molecular weight is 689 g/mol. The Kier molecular flexibility index (Phi) is 11.0. The van der Waals surface area contributed by atoms with E-state index in [0.717, 1.165) is 30.6 Å². The molecule has 1 aliphatic heterocycles. The number of benzene rings is 5. The number of nitrogens with zero attached hydrogens (tertiary/aromatic N) is 2. The Labute approximate surface area is 299 Å². The number of carbonyl (C=O) groups is 2. The number of halogens is 1. The van der Waals surface area contributed by atoms with E-state index in [-0.39, 0.29) is 11.5 Å². The zero-order valence-electron chi connectivity index (χ0n) is 29.8. The number of carbonyl (C=O) groups excluding carboxylic acids is 2. The maximum atomic E-state index is 14.8. The van der Waals surface area contributed by atoms with Crippen molar-refractivity contribution in [3.05, 3.63) is 126 Å². The van der Waals surface area contributed by atoms with Gasteiger partial charge in [-0.1, -0.05) is 48.9 Å². The van der Waals surface area contributed by atoms with Gasteiger partial charge >= 0.3 is 6.09 Å². The van der Waals surface area contributed by atoms with Crippen molar-refractivity contribution >= 4 is 28.3 Å². The van der Waals surface area contributed by atoms with Gasteiger partial charge in [0.2, 0.25) is 0 Å². The van der Waals surface area contributed by atoms with Crippen molar-refractivity contribution in [1.29, 1.82) is 0 Å². The Balaban J connectivity index is 1.36. The third-order valence-electron chi connectivity index (χ3n) is 8.99. The van der Waals surface area contributed by atoms with Gasteiger partial charge in [-0.05, 0) is 129 Å². The zero-order chi connectivity index (χ0) is 36.0. The van der Waals surface area contributed by atoms with Crippen molar-refractivity contribution < 1.29 is 28.2 Å². The van der Waals surface area contributed by atoms with Gasteiger partial charge in [-0.3, -0.25) is 14.6 Å². The second-order valence-corrected chi connectivity index (χ2v) is 14.0. The van der Waals surface area contributed by atoms with E-state index < -0.39 is 17.5 Å². The Morgan fingerprint density at radius 2 is 1.49 bits per heavy atom. The van der Waals surface area contributed by atoms with Crippen LogP contribution < -0.4 is 14.4 Å². The summed E-state index contributed by atoms with van der Waals surface area (Å²) < 4.78 is 32.6. The van der Waals surface area contributed by atoms with Crippen molar-refractivity contribution in [2.75, 3.05) is 38.2 Å². The van der Waals surface area contributed by atoms with E-state index in [1.807, 2.05) is 72.8 Å². The van der Waals surface area contributed by atoms with Crippen LogP contribution in [0.5, 0.6) is 11.5 Å². The van der Waals surface area contributed by atoms with Crippen molar-refractivity contribution in [2.24, 2.45) is 0 Å². The number of hydrogen-bond donors (Lipinski definition) is 0. The lowest BCUT2D eigenvalue weighted by molar-refractivity contribution is 0.0589. The standard InChI is InChI=1S/C43H45FN2O5/c1-43(2,3)51-42(48)45(4)39-28-33(44)16-21-37(39)38-20-15-32-27-35(50-29-30-11-7-5-8-12-30)19-22-36(32)40(38)41(47)31-13-17-34(18-14-31)49-26-25-46-23-9-6-10-24-46/h5,7-8,11-22,27-28H,6,9-10,23-26,29H2,1-4H3. The molecule has 1 heterocycles. The summed E-state index contributed by atoms with van der Waals surface area (Å²) in [6, 6.07) is 30.7. The molecule has 0 aromatic heterocycles. The third-order valence-corrected chi connectivity index (χ3v) is 8.99.